The van der Waals surface area contributed by atoms with Gasteiger partial charge in [-0.15, -0.1) is 0 Å². The molecule has 0 radical (unpaired) electrons. The Kier molecular flexibility index (Phi) is 9.14. The van der Waals surface area contributed by atoms with E-state index in [4.69, 9.17) is 23.4 Å². The molecule has 35 heavy (non-hydrogen) atoms. The first kappa shape index (κ1) is 26.1. The average Bonchev–Trinajstić information content (AvgIpc) is 3.19. The Morgan fingerprint density at radius 3 is 2.37 bits per heavy atom. The molecule has 0 aliphatic heterocycles. The SMILES string of the molecule is CCOc1cc(OCc2nc(-c3ccc(OC(C)C)cc3)oc2C)ccc1C[C@H](OCC)C(=O)O. The second-order valence-corrected chi connectivity index (χ2v) is 8.19. The van der Waals surface area contributed by atoms with E-state index in [0.29, 0.717) is 42.1 Å². The number of carbonyl (C=O) groups is 1. The van der Waals surface area contributed by atoms with Gasteiger partial charge in [-0.05, 0) is 70.5 Å². The molecule has 0 saturated carbocycles. The first-order chi connectivity index (χ1) is 16.8. The molecule has 1 aromatic heterocycles. The third-order valence-electron chi connectivity index (χ3n) is 5.13. The topological polar surface area (TPSA) is 100 Å². The molecule has 0 bridgehead atoms. The molecule has 0 amide bonds. The van der Waals surface area contributed by atoms with Gasteiger partial charge in [0.15, 0.2) is 6.10 Å². The molecule has 1 N–H and O–H groups in total. The van der Waals surface area contributed by atoms with Crippen molar-refractivity contribution in [3.05, 3.63) is 59.5 Å². The summed E-state index contributed by atoms with van der Waals surface area (Å²) in [6.45, 7) is 10.4. The fraction of sp³-hybridized carbons (Fsp3) is 0.407. The van der Waals surface area contributed by atoms with Gasteiger partial charge in [0.05, 0.1) is 12.7 Å². The standard InChI is InChI=1S/C27H33NO7/c1-6-31-24-15-22(13-10-20(24)14-25(27(29)30)32-7-2)33-16-23-18(5)35-26(28-23)19-8-11-21(12-9-19)34-17(3)4/h8-13,15,17,25H,6-7,14,16H2,1-5H3,(H,29,30)/t25-/m0/s1. The second-order valence-electron chi connectivity index (χ2n) is 8.19. The highest BCUT2D eigenvalue weighted by Gasteiger charge is 2.21. The summed E-state index contributed by atoms with van der Waals surface area (Å²) >= 11 is 0. The van der Waals surface area contributed by atoms with Crippen LogP contribution in [-0.2, 0) is 22.6 Å². The summed E-state index contributed by atoms with van der Waals surface area (Å²) in [5, 5.41) is 9.40. The first-order valence-corrected chi connectivity index (χ1v) is 11.8. The Morgan fingerprint density at radius 1 is 1.03 bits per heavy atom. The number of hydrogen-bond acceptors (Lipinski definition) is 7. The average molecular weight is 484 g/mol. The van der Waals surface area contributed by atoms with Crippen LogP contribution in [0.1, 0.15) is 44.7 Å². The van der Waals surface area contributed by atoms with Crippen molar-refractivity contribution in [1.29, 1.82) is 0 Å². The highest BCUT2D eigenvalue weighted by atomic mass is 16.5. The number of aromatic nitrogens is 1. The van der Waals surface area contributed by atoms with E-state index >= 15 is 0 Å². The zero-order valence-corrected chi connectivity index (χ0v) is 20.9. The van der Waals surface area contributed by atoms with Crippen LogP contribution in [0.3, 0.4) is 0 Å². The lowest BCUT2D eigenvalue weighted by atomic mass is 10.1. The van der Waals surface area contributed by atoms with Gasteiger partial charge in [0, 0.05) is 24.7 Å². The molecule has 188 valence electrons. The van der Waals surface area contributed by atoms with Crippen molar-refractivity contribution in [2.75, 3.05) is 13.2 Å². The molecule has 2 aromatic carbocycles. The molecule has 0 aliphatic rings. The third-order valence-corrected chi connectivity index (χ3v) is 5.13. The first-order valence-electron chi connectivity index (χ1n) is 11.8. The van der Waals surface area contributed by atoms with E-state index in [1.54, 1.807) is 25.1 Å². The molecule has 3 rings (SSSR count). The molecule has 8 nitrogen and oxygen atoms in total. The minimum atomic E-state index is -1.01. The number of carboxylic acids is 1. The van der Waals surface area contributed by atoms with E-state index in [9.17, 15) is 9.90 Å². The number of aliphatic carboxylic acids is 1. The number of rotatable bonds is 13. The summed E-state index contributed by atoms with van der Waals surface area (Å²) in [5.41, 5.74) is 2.28. The molecule has 0 aliphatic carbocycles. The molecular formula is C27H33NO7. The van der Waals surface area contributed by atoms with Gasteiger partial charge in [0.25, 0.3) is 0 Å². The van der Waals surface area contributed by atoms with Gasteiger partial charge >= 0.3 is 5.97 Å². The van der Waals surface area contributed by atoms with Crippen LogP contribution >= 0.6 is 0 Å². The Labute approximate surface area is 205 Å². The number of nitrogens with zero attached hydrogens (tertiary/aromatic N) is 1. The van der Waals surface area contributed by atoms with Crippen LogP contribution in [-0.4, -0.2) is 41.5 Å². The Bertz CT molecular complexity index is 1110. The summed E-state index contributed by atoms with van der Waals surface area (Å²) in [7, 11) is 0. The predicted octanol–water partition coefficient (Wildman–Crippen LogP) is 5.45. The maximum Gasteiger partial charge on any atom is 0.333 e. The zero-order chi connectivity index (χ0) is 25.4. The molecule has 1 atom stereocenters. The Hall–Kier alpha value is -3.52. The fourth-order valence-electron chi connectivity index (χ4n) is 3.49. The predicted molar refractivity (Wildman–Crippen MR) is 131 cm³/mol. The number of ether oxygens (including phenoxy) is 4. The number of hydrogen-bond donors (Lipinski definition) is 1. The van der Waals surface area contributed by atoms with Gasteiger partial charge in [0.1, 0.15) is 35.3 Å². The van der Waals surface area contributed by atoms with Crippen molar-refractivity contribution in [2.24, 2.45) is 0 Å². The van der Waals surface area contributed by atoms with E-state index in [1.807, 2.05) is 52.0 Å². The van der Waals surface area contributed by atoms with Crippen LogP contribution in [0.15, 0.2) is 46.9 Å². The summed E-state index contributed by atoms with van der Waals surface area (Å²) in [5.74, 6) is 2.12. The number of aryl methyl sites for hydroxylation is 1. The summed E-state index contributed by atoms with van der Waals surface area (Å²) in [4.78, 5) is 16.1. The van der Waals surface area contributed by atoms with Crippen molar-refractivity contribution in [2.45, 2.75) is 59.9 Å². The molecule has 0 unspecified atom stereocenters. The largest absolute Gasteiger partial charge is 0.493 e. The Balaban J connectivity index is 1.70. The smallest absolute Gasteiger partial charge is 0.333 e. The lowest BCUT2D eigenvalue weighted by molar-refractivity contribution is -0.149. The van der Waals surface area contributed by atoms with Gasteiger partial charge in [-0.2, -0.15) is 0 Å². The van der Waals surface area contributed by atoms with Crippen LogP contribution in [0, 0.1) is 6.92 Å². The van der Waals surface area contributed by atoms with Gasteiger partial charge < -0.3 is 28.5 Å². The van der Waals surface area contributed by atoms with Gasteiger partial charge in [-0.1, -0.05) is 6.07 Å². The van der Waals surface area contributed by atoms with Crippen LogP contribution in [0.5, 0.6) is 17.2 Å². The summed E-state index contributed by atoms with van der Waals surface area (Å²) in [6, 6.07) is 12.9. The maximum absolute atomic E-state index is 11.5. The molecule has 0 saturated heterocycles. The highest BCUT2D eigenvalue weighted by Crippen LogP contribution is 2.29. The Morgan fingerprint density at radius 2 is 1.74 bits per heavy atom. The summed E-state index contributed by atoms with van der Waals surface area (Å²) in [6.07, 6.45) is -0.631. The van der Waals surface area contributed by atoms with Crippen LogP contribution in [0.4, 0.5) is 0 Å². The van der Waals surface area contributed by atoms with Crippen LogP contribution in [0.25, 0.3) is 11.5 Å². The van der Waals surface area contributed by atoms with E-state index in [0.717, 1.165) is 16.9 Å². The lowest BCUT2D eigenvalue weighted by Gasteiger charge is -2.16. The van der Waals surface area contributed by atoms with Crippen molar-refractivity contribution < 1.29 is 33.3 Å². The minimum absolute atomic E-state index is 0.106. The van der Waals surface area contributed by atoms with Crippen molar-refractivity contribution in [3.63, 3.8) is 0 Å². The van der Waals surface area contributed by atoms with Crippen LogP contribution in [0.2, 0.25) is 0 Å². The van der Waals surface area contributed by atoms with Crippen molar-refractivity contribution in [1.82, 2.24) is 4.98 Å². The monoisotopic (exact) mass is 483 g/mol. The highest BCUT2D eigenvalue weighted by molar-refractivity contribution is 5.73. The molecular weight excluding hydrogens is 450 g/mol. The molecule has 8 heteroatoms. The third kappa shape index (κ3) is 7.23. The quantitative estimate of drug-likeness (QED) is 0.343. The molecule has 1 heterocycles. The summed E-state index contributed by atoms with van der Waals surface area (Å²) < 4.78 is 28.6. The van der Waals surface area contributed by atoms with Gasteiger partial charge in [-0.3, -0.25) is 0 Å². The van der Waals surface area contributed by atoms with Gasteiger partial charge in [-0.25, -0.2) is 9.78 Å². The van der Waals surface area contributed by atoms with E-state index in [1.165, 1.54) is 0 Å². The number of benzene rings is 2. The zero-order valence-electron chi connectivity index (χ0n) is 20.9. The normalized spacial score (nSPS) is 11.9. The van der Waals surface area contributed by atoms with Crippen LogP contribution < -0.4 is 14.2 Å². The maximum atomic E-state index is 11.5. The number of carboxylic acid groups (broad SMARTS) is 1. The van der Waals surface area contributed by atoms with Crippen molar-refractivity contribution >= 4 is 5.97 Å². The second kappa shape index (κ2) is 12.3. The number of oxazole rings is 1. The molecule has 0 fully saturated rings. The van der Waals surface area contributed by atoms with Gasteiger partial charge in [0.2, 0.25) is 5.89 Å². The van der Waals surface area contributed by atoms with Crippen molar-refractivity contribution in [3.8, 4) is 28.7 Å². The lowest BCUT2D eigenvalue weighted by Crippen LogP contribution is -2.26. The van der Waals surface area contributed by atoms with E-state index in [2.05, 4.69) is 4.98 Å². The molecule has 0 spiro atoms. The van der Waals surface area contributed by atoms with E-state index < -0.39 is 12.1 Å². The molecule has 3 aromatic rings. The minimum Gasteiger partial charge on any atom is -0.493 e. The fourth-order valence-corrected chi connectivity index (χ4v) is 3.49. The van der Waals surface area contributed by atoms with E-state index in [-0.39, 0.29) is 19.1 Å².